The van der Waals surface area contributed by atoms with Crippen molar-refractivity contribution >= 4 is 23.4 Å². The Morgan fingerprint density at radius 3 is 2.86 bits per heavy atom. The van der Waals surface area contributed by atoms with Crippen LogP contribution >= 0.6 is 0 Å². The second kappa shape index (κ2) is 6.37. The number of carbonyl (C=O) groups is 2. The predicted molar refractivity (Wildman–Crippen MR) is 76.4 cm³/mol. The van der Waals surface area contributed by atoms with Gasteiger partial charge in [-0.2, -0.15) is 0 Å². The van der Waals surface area contributed by atoms with Crippen molar-refractivity contribution < 1.29 is 19.6 Å². The topological polar surface area (TPSA) is 126 Å². The van der Waals surface area contributed by atoms with Gasteiger partial charge in [0.05, 0.1) is 10.8 Å². The minimum Gasteiger partial charge on any atom is -0.481 e. The van der Waals surface area contributed by atoms with Crippen molar-refractivity contribution in [1.29, 1.82) is 0 Å². The number of aliphatic carboxylic acids is 1. The highest BCUT2D eigenvalue weighted by Gasteiger charge is 2.32. The third-order valence-electron chi connectivity index (χ3n) is 3.53. The minimum atomic E-state index is -0.945. The lowest BCUT2D eigenvalue weighted by molar-refractivity contribution is -0.384. The molecule has 118 valence electrons. The molecule has 1 fully saturated rings. The number of carboxylic acids is 1. The molecule has 0 saturated carbocycles. The van der Waals surface area contributed by atoms with Gasteiger partial charge >= 0.3 is 17.7 Å². The number of likely N-dealkylation sites (tertiary alicyclic amines) is 1. The first-order valence-corrected chi connectivity index (χ1v) is 6.75. The summed E-state index contributed by atoms with van der Waals surface area (Å²) in [5.74, 6) is -1.52. The van der Waals surface area contributed by atoms with Gasteiger partial charge in [0.1, 0.15) is 11.9 Å². The van der Waals surface area contributed by atoms with Gasteiger partial charge in [-0.25, -0.2) is 4.79 Å². The molecule has 1 aromatic heterocycles. The fourth-order valence-electron chi connectivity index (χ4n) is 2.53. The number of nitro groups is 1. The highest BCUT2D eigenvalue weighted by atomic mass is 16.6. The molecule has 0 spiro atoms. The molecule has 1 aliphatic rings. The van der Waals surface area contributed by atoms with Gasteiger partial charge in [0, 0.05) is 19.3 Å². The largest absolute Gasteiger partial charge is 0.481 e. The summed E-state index contributed by atoms with van der Waals surface area (Å²) in [5, 5.41) is 22.5. The van der Waals surface area contributed by atoms with Crippen molar-refractivity contribution in [3.05, 3.63) is 28.6 Å². The first kappa shape index (κ1) is 15.7. The average Bonchev–Trinajstić information content (AvgIpc) is 2.46. The number of carbonyl (C=O) groups excluding carboxylic acids is 1. The van der Waals surface area contributed by atoms with E-state index in [0.717, 1.165) is 6.20 Å². The van der Waals surface area contributed by atoms with E-state index in [-0.39, 0.29) is 23.8 Å². The highest BCUT2D eigenvalue weighted by Crippen LogP contribution is 2.25. The molecule has 9 nitrogen and oxygen atoms in total. The van der Waals surface area contributed by atoms with E-state index < -0.39 is 22.8 Å². The van der Waals surface area contributed by atoms with Gasteiger partial charge in [-0.3, -0.25) is 19.9 Å². The third kappa shape index (κ3) is 3.48. The maximum absolute atomic E-state index is 12.2. The number of pyridine rings is 1. The van der Waals surface area contributed by atoms with E-state index in [0.29, 0.717) is 13.0 Å². The summed E-state index contributed by atoms with van der Waals surface area (Å²) in [5.41, 5.74) is -0.272. The minimum absolute atomic E-state index is 0.0371. The summed E-state index contributed by atoms with van der Waals surface area (Å²) in [6.07, 6.45) is 2.89. The molecule has 1 saturated heterocycles. The summed E-state index contributed by atoms with van der Waals surface area (Å²) >= 11 is 0. The highest BCUT2D eigenvalue weighted by molar-refractivity contribution is 5.92. The van der Waals surface area contributed by atoms with E-state index in [9.17, 15) is 19.7 Å². The number of amides is 2. The van der Waals surface area contributed by atoms with Gasteiger partial charge in [-0.05, 0) is 18.4 Å². The standard InChI is InChI=1S/C13H16N4O5/c1-8-4-9(12(18)19)7-16(6-8)13(20)15-10-2-3-14-5-11(10)17(21)22/h2-3,5,8-9H,4,6-7H2,1H3,(H,18,19)(H,14,15,20). The van der Waals surface area contributed by atoms with Crippen LogP contribution < -0.4 is 5.32 Å². The molecule has 22 heavy (non-hydrogen) atoms. The fourth-order valence-corrected chi connectivity index (χ4v) is 2.53. The Morgan fingerprint density at radius 2 is 2.23 bits per heavy atom. The Hall–Kier alpha value is -2.71. The lowest BCUT2D eigenvalue weighted by Gasteiger charge is -2.34. The van der Waals surface area contributed by atoms with Crippen LogP contribution in [-0.2, 0) is 4.79 Å². The van der Waals surface area contributed by atoms with Crippen LogP contribution in [0.2, 0.25) is 0 Å². The molecular formula is C13H16N4O5. The molecule has 0 radical (unpaired) electrons. The number of anilines is 1. The first-order valence-electron chi connectivity index (χ1n) is 6.75. The Kier molecular flexibility index (Phi) is 4.54. The van der Waals surface area contributed by atoms with Gasteiger partial charge in [0.25, 0.3) is 0 Å². The Balaban J connectivity index is 2.12. The Bertz CT molecular complexity index is 606. The van der Waals surface area contributed by atoms with E-state index in [2.05, 4.69) is 10.3 Å². The van der Waals surface area contributed by atoms with Crippen LogP contribution in [0.3, 0.4) is 0 Å². The van der Waals surface area contributed by atoms with Crippen molar-refractivity contribution in [2.45, 2.75) is 13.3 Å². The number of nitrogens with zero attached hydrogens (tertiary/aromatic N) is 3. The average molecular weight is 308 g/mol. The van der Waals surface area contributed by atoms with E-state index >= 15 is 0 Å². The summed E-state index contributed by atoms with van der Waals surface area (Å²) in [6.45, 7) is 2.36. The molecule has 0 aliphatic carbocycles. The second-order valence-corrected chi connectivity index (χ2v) is 5.36. The van der Waals surface area contributed by atoms with Gasteiger partial charge in [-0.15, -0.1) is 0 Å². The molecule has 2 N–H and O–H groups in total. The summed E-state index contributed by atoms with van der Waals surface area (Å²) < 4.78 is 0. The van der Waals surface area contributed by atoms with Crippen LogP contribution in [0.4, 0.5) is 16.2 Å². The Labute approximate surface area is 126 Å². The number of rotatable bonds is 3. The number of hydrogen-bond acceptors (Lipinski definition) is 5. The molecule has 1 aliphatic heterocycles. The number of nitrogens with one attached hydrogen (secondary N) is 1. The zero-order valence-electron chi connectivity index (χ0n) is 11.9. The van der Waals surface area contributed by atoms with E-state index in [4.69, 9.17) is 5.11 Å². The first-order chi connectivity index (χ1) is 10.4. The molecule has 2 unspecified atom stereocenters. The SMILES string of the molecule is CC1CC(C(=O)O)CN(C(=O)Nc2ccncc2[N+](=O)[O-])C1. The molecule has 0 bridgehead atoms. The zero-order chi connectivity index (χ0) is 16.3. The van der Waals surface area contributed by atoms with Crippen molar-refractivity contribution in [2.75, 3.05) is 18.4 Å². The van der Waals surface area contributed by atoms with Gasteiger partial charge in [0.2, 0.25) is 0 Å². The van der Waals surface area contributed by atoms with Crippen molar-refractivity contribution in [3.63, 3.8) is 0 Å². The quantitative estimate of drug-likeness (QED) is 0.644. The molecule has 2 rings (SSSR count). The van der Waals surface area contributed by atoms with Gasteiger partial charge in [0.15, 0.2) is 0 Å². The number of hydrogen-bond donors (Lipinski definition) is 2. The van der Waals surface area contributed by atoms with Crippen LogP contribution in [0.1, 0.15) is 13.3 Å². The molecule has 0 aromatic carbocycles. The summed E-state index contributed by atoms with van der Waals surface area (Å²) in [6, 6.07) is 0.782. The van der Waals surface area contributed by atoms with Crippen LogP contribution in [0.5, 0.6) is 0 Å². The smallest absolute Gasteiger partial charge is 0.322 e. The maximum atomic E-state index is 12.2. The van der Waals surface area contributed by atoms with Crippen molar-refractivity contribution in [1.82, 2.24) is 9.88 Å². The fraction of sp³-hybridized carbons (Fsp3) is 0.462. The normalized spacial score (nSPS) is 21.2. The molecule has 1 aromatic rings. The van der Waals surface area contributed by atoms with Gasteiger partial charge < -0.3 is 15.3 Å². The lowest BCUT2D eigenvalue weighted by Crippen LogP contribution is -2.47. The third-order valence-corrected chi connectivity index (χ3v) is 3.53. The molecule has 9 heteroatoms. The lowest BCUT2D eigenvalue weighted by atomic mass is 9.91. The van der Waals surface area contributed by atoms with Gasteiger partial charge in [-0.1, -0.05) is 6.92 Å². The summed E-state index contributed by atoms with van der Waals surface area (Å²) in [7, 11) is 0. The van der Waals surface area contributed by atoms with E-state index in [1.165, 1.54) is 17.2 Å². The number of piperidine rings is 1. The van der Waals surface area contributed by atoms with Crippen LogP contribution in [0.15, 0.2) is 18.5 Å². The number of carboxylic acid groups (broad SMARTS) is 1. The number of urea groups is 1. The van der Waals surface area contributed by atoms with Crippen molar-refractivity contribution in [2.24, 2.45) is 11.8 Å². The monoisotopic (exact) mass is 308 g/mol. The number of aromatic nitrogens is 1. The second-order valence-electron chi connectivity index (χ2n) is 5.36. The van der Waals surface area contributed by atoms with E-state index in [1.54, 1.807) is 0 Å². The van der Waals surface area contributed by atoms with E-state index in [1.807, 2.05) is 6.92 Å². The van der Waals surface area contributed by atoms with Crippen LogP contribution in [0, 0.1) is 22.0 Å². The van der Waals surface area contributed by atoms with Crippen LogP contribution in [0.25, 0.3) is 0 Å². The molecule has 2 atom stereocenters. The van der Waals surface area contributed by atoms with Crippen molar-refractivity contribution in [3.8, 4) is 0 Å². The Morgan fingerprint density at radius 1 is 1.50 bits per heavy atom. The zero-order valence-corrected chi connectivity index (χ0v) is 11.9. The predicted octanol–water partition coefficient (Wildman–Crippen LogP) is 1.56. The molecule has 2 amide bonds. The summed E-state index contributed by atoms with van der Waals surface area (Å²) in [4.78, 5) is 38.6. The molecular weight excluding hydrogens is 292 g/mol. The maximum Gasteiger partial charge on any atom is 0.322 e. The van der Waals surface area contributed by atoms with Crippen LogP contribution in [-0.4, -0.2) is 45.0 Å². The molecule has 2 heterocycles.